The van der Waals surface area contributed by atoms with E-state index in [0.717, 1.165) is 0 Å². The second kappa shape index (κ2) is 7.22. The van der Waals surface area contributed by atoms with E-state index >= 15 is 0 Å². The van der Waals surface area contributed by atoms with E-state index in [0.29, 0.717) is 0 Å². The lowest BCUT2D eigenvalue weighted by Gasteiger charge is -2.12. The number of alkyl halides is 6. The number of carbonyl (C=O) groups is 3. The normalized spacial score (nSPS) is 11.9. The Bertz CT molecular complexity index is 316. The Hall–Kier alpha value is 0.350. The molecule has 0 saturated carbocycles. The summed E-state index contributed by atoms with van der Waals surface area (Å²) in [6, 6.07) is -1.10. The molecule has 0 bridgehead atoms. The Morgan fingerprint density at radius 2 is 1.00 bits per heavy atom. The van der Waals surface area contributed by atoms with Gasteiger partial charge in [0, 0.05) is 0 Å². The van der Waals surface area contributed by atoms with Crippen LogP contribution in [0.1, 0.15) is 12.8 Å². The molecule has 104 valence electrons. The highest BCUT2D eigenvalue weighted by molar-refractivity contribution is 6.68. The fourth-order valence-corrected chi connectivity index (χ4v) is 1.47. The van der Waals surface area contributed by atoms with Crippen LogP contribution in [0.15, 0.2) is 0 Å². The Morgan fingerprint density at radius 1 is 0.722 bits per heavy atom. The molecule has 18 heavy (non-hydrogen) atoms. The van der Waals surface area contributed by atoms with E-state index in [2.05, 4.69) is 0 Å². The molecule has 0 atom stereocenters. The molecule has 2 N–H and O–H groups in total. The Labute approximate surface area is 132 Å². The van der Waals surface area contributed by atoms with Gasteiger partial charge in [-0.3, -0.25) is 20.2 Å². The van der Waals surface area contributed by atoms with Gasteiger partial charge in [-0.25, -0.2) is 4.79 Å². The molecule has 0 aromatic carbocycles. The van der Waals surface area contributed by atoms with Crippen LogP contribution in [0.4, 0.5) is 4.79 Å². The predicted molar refractivity (Wildman–Crippen MR) is 71.5 cm³/mol. The first-order valence-corrected chi connectivity index (χ1v) is 6.43. The van der Waals surface area contributed by atoms with Crippen molar-refractivity contribution in [1.82, 2.24) is 10.6 Å². The van der Waals surface area contributed by atoms with Gasteiger partial charge in [0.1, 0.15) is 0 Å². The maximum absolute atomic E-state index is 11.1. The fourth-order valence-electron chi connectivity index (χ4n) is 0.737. The molecule has 0 saturated heterocycles. The molecule has 0 aromatic heterocycles. The monoisotopic (exact) mass is 376 g/mol. The van der Waals surface area contributed by atoms with Crippen molar-refractivity contribution < 1.29 is 14.4 Å². The van der Waals surface area contributed by atoms with Gasteiger partial charge < -0.3 is 0 Å². The molecule has 0 heterocycles. The standard InChI is InChI=1S/C7H6Cl6N2O3/c8-6(9,10)1-3(16)14-5(18)15-4(17)2-7(11,12)13/h1-2H2,(H2,14,15,16,17,18). The van der Waals surface area contributed by atoms with Crippen molar-refractivity contribution in [2.75, 3.05) is 0 Å². The van der Waals surface area contributed by atoms with Gasteiger partial charge in [0.25, 0.3) is 0 Å². The summed E-state index contributed by atoms with van der Waals surface area (Å²) in [6.45, 7) is 0. The van der Waals surface area contributed by atoms with Crippen LogP contribution in [-0.2, 0) is 9.59 Å². The molecule has 0 aromatic rings. The predicted octanol–water partition coefficient (Wildman–Crippen LogP) is 2.86. The lowest BCUT2D eigenvalue weighted by molar-refractivity contribution is -0.120. The molecule has 4 amide bonds. The molecule has 0 aliphatic heterocycles. The third-order valence-corrected chi connectivity index (χ3v) is 2.03. The topological polar surface area (TPSA) is 75.3 Å². The average Bonchev–Trinajstić information content (AvgIpc) is 1.92. The number of urea groups is 1. The summed E-state index contributed by atoms with van der Waals surface area (Å²) in [4.78, 5) is 33.4. The minimum absolute atomic E-state index is 0.552. The van der Waals surface area contributed by atoms with Crippen molar-refractivity contribution in [1.29, 1.82) is 0 Å². The van der Waals surface area contributed by atoms with Gasteiger partial charge in [-0.2, -0.15) is 0 Å². The average molecular weight is 379 g/mol. The highest BCUT2D eigenvalue weighted by atomic mass is 35.6. The molecule has 11 heteroatoms. The molecule has 0 fully saturated rings. The first-order chi connectivity index (χ1) is 7.89. The number of rotatable bonds is 2. The SMILES string of the molecule is O=C(CC(Cl)(Cl)Cl)NC(=O)NC(=O)CC(Cl)(Cl)Cl. The van der Waals surface area contributed by atoms with Crippen LogP contribution in [0.25, 0.3) is 0 Å². The summed E-state index contributed by atoms with van der Waals surface area (Å²) in [6.07, 6.45) is -1.10. The molecule has 0 rings (SSSR count). The number of amides is 4. The number of halogens is 6. The number of hydrogen-bond acceptors (Lipinski definition) is 3. The molecule has 0 unspecified atom stereocenters. The van der Waals surface area contributed by atoms with E-state index in [1.807, 2.05) is 0 Å². The van der Waals surface area contributed by atoms with E-state index in [1.54, 1.807) is 10.6 Å². The lowest BCUT2D eigenvalue weighted by atomic mass is 10.4. The molecule has 5 nitrogen and oxygen atoms in total. The van der Waals surface area contributed by atoms with E-state index in [4.69, 9.17) is 69.6 Å². The summed E-state index contributed by atoms with van der Waals surface area (Å²) < 4.78 is -3.68. The molecule has 0 aliphatic rings. The smallest absolute Gasteiger partial charge is 0.278 e. The van der Waals surface area contributed by atoms with Gasteiger partial charge in [0.05, 0.1) is 12.8 Å². The lowest BCUT2D eigenvalue weighted by Crippen LogP contribution is -2.44. The van der Waals surface area contributed by atoms with E-state index in [9.17, 15) is 14.4 Å². The number of nitrogens with one attached hydrogen (secondary N) is 2. The second-order valence-corrected chi connectivity index (χ2v) is 8.04. The zero-order valence-electron chi connectivity index (χ0n) is 8.41. The van der Waals surface area contributed by atoms with Gasteiger partial charge in [-0.05, 0) is 0 Å². The quantitative estimate of drug-likeness (QED) is 0.725. The Kier molecular flexibility index (Phi) is 7.36. The largest absolute Gasteiger partial charge is 0.328 e. The number of hydrogen-bond donors (Lipinski definition) is 2. The summed E-state index contributed by atoms with van der Waals surface area (Å²) in [5.41, 5.74) is 0. The van der Waals surface area contributed by atoms with Crippen molar-refractivity contribution in [3.8, 4) is 0 Å². The van der Waals surface area contributed by atoms with Crippen molar-refractivity contribution in [3.63, 3.8) is 0 Å². The minimum Gasteiger partial charge on any atom is -0.278 e. The van der Waals surface area contributed by atoms with Crippen LogP contribution in [0, 0.1) is 0 Å². The maximum atomic E-state index is 11.1. The van der Waals surface area contributed by atoms with E-state index < -0.39 is 38.3 Å². The zero-order chi connectivity index (χ0) is 14.6. The van der Waals surface area contributed by atoms with Crippen molar-refractivity contribution in [2.24, 2.45) is 0 Å². The molecule has 0 spiro atoms. The third kappa shape index (κ3) is 11.4. The first-order valence-electron chi connectivity index (χ1n) is 4.16. The Morgan fingerprint density at radius 3 is 1.22 bits per heavy atom. The third-order valence-electron chi connectivity index (χ3n) is 1.23. The summed E-state index contributed by atoms with van der Waals surface area (Å²) >= 11 is 31.9. The van der Waals surface area contributed by atoms with Gasteiger partial charge in [0.15, 0.2) is 7.59 Å². The van der Waals surface area contributed by atoms with Crippen molar-refractivity contribution in [2.45, 2.75) is 20.4 Å². The van der Waals surface area contributed by atoms with Gasteiger partial charge >= 0.3 is 6.03 Å². The summed E-state index contributed by atoms with van der Waals surface area (Å²) in [5, 5.41) is 3.52. The molecule has 0 aliphatic carbocycles. The molecule has 0 radical (unpaired) electrons. The highest BCUT2D eigenvalue weighted by Gasteiger charge is 2.27. The summed E-state index contributed by atoms with van der Waals surface area (Å²) in [5.74, 6) is -1.76. The second-order valence-electron chi connectivity index (χ2n) is 3.01. The maximum Gasteiger partial charge on any atom is 0.328 e. The van der Waals surface area contributed by atoms with Crippen LogP contribution in [0.3, 0.4) is 0 Å². The van der Waals surface area contributed by atoms with Crippen LogP contribution >= 0.6 is 69.6 Å². The van der Waals surface area contributed by atoms with Crippen molar-refractivity contribution in [3.05, 3.63) is 0 Å². The van der Waals surface area contributed by atoms with E-state index in [-0.39, 0.29) is 0 Å². The highest BCUT2D eigenvalue weighted by Crippen LogP contribution is 2.30. The van der Waals surface area contributed by atoms with Gasteiger partial charge in [-0.1, -0.05) is 69.6 Å². The fraction of sp³-hybridized carbons (Fsp3) is 0.571. The van der Waals surface area contributed by atoms with Crippen LogP contribution in [0.2, 0.25) is 0 Å². The summed E-state index contributed by atoms with van der Waals surface area (Å²) in [7, 11) is 0. The number of carbonyl (C=O) groups excluding carboxylic acids is 3. The zero-order valence-corrected chi connectivity index (χ0v) is 12.9. The van der Waals surface area contributed by atoms with Crippen LogP contribution < -0.4 is 10.6 Å². The van der Waals surface area contributed by atoms with Gasteiger partial charge in [-0.15, -0.1) is 0 Å². The molecular formula is C7H6Cl6N2O3. The van der Waals surface area contributed by atoms with Crippen LogP contribution in [-0.4, -0.2) is 25.4 Å². The number of imide groups is 2. The minimum atomic E-state index is -1.84. The van der Waals surface area contributed by atoms with Gasteiger partial charge in [0.2, 0.25) is 11.8 Å². The Balaban J connectivity index is 4.13. The first kappa shape index (κ1) is 18.4. The molecular weight excluding hydrogens is 373 g/mol. The van der Waals surface area contributed by atoms with Crippen molar-refractivity contribution >= 4 is 87.5 Å². The van der Waals surface area contributed by atoms with Crippen LogP contribution in [0.5, 0.6) is 0 Å². The van der Waals surface area contributed by atoms with E-state index in [1.165, 1.54) is 0 Å².